The summed E-state index contributed by atoms with van der Waals surface area (Å²) >= 11 is 3.67. The molecule has 5 rings (SSSR count). The maximum atomic E-state index is 4.57. The third-order valence-corrected chi connectivity index (χ3v) is 6.97. The third-order valence-electron chi connectivity index (χ3n) is 5.53. The lowest BCUT2D eigenvalue weighted by atomic mass is 10.0. The number of benzene rings is 2. The maximum absolute atomic E-state index is 4.57. The predicted octanol–water partition coefficient (Wildman–Crippen LogP) is 4.88. The van der Waals surface area contributed by atoms with E-state index < -0.39 is 0 Å². The first-order valence-corrected chi connectivity index (χ1v) is 13.2. The minimum Gasteiger partial charge on any atom is -0.341 e. The molecule has 1 unspecified atom stereocenters. The lowest BCUT2D eigenvalue weighted by Crippen LogP contribution is -2.15. The van der Waals surface area contributed by atoms with Gasteiger partial charge in [0.15, 0.2) is 0 Å². The zero-order valence-electron chi connectivity index (χ0n) is 17.9. The molecule has 2 aromatic carbocycles. The molecule has 1 atom stereocenters. The Balaban J connectivity index is 1.26. The molecule has 2 aromatic heterocycles. The normalized spacial score (nSPS) is 16.0. The lowest BCUT2D eigenvalue weighted by Gasteiger charge is -2.06. The van der Waals surface area contributed by atoms with E-state index in [1.54, 1.807) is 11.8 Å². The topological polar surface area (TPSA) is 81.4 Å². The van der Waals surface area contributed by atoms with E-state index in [1.807, 2.05) is 24.2 Å². The van der Waals surface area contributed by atoms with Gasteiger partial charge < -0.3 is 15.3 Å². The summed E-state index contributed by atoms with van der Waals surface area (Å²) < 4.78 is 0. The molecule has 164 valence electrons. The first kappa shape index (κ1) is 21.3. The van der Waals surface area contributed by atoms with E-state index in [0.717, 1.165) is 58.2 Å². The minimum absolute atomic E-state index is 0.323. The fourth-order valence-corrected chi connectivity index (χ4v) is 5.04. The summed E-state index contributed by atoms with van der Waals surface area (Å²) in [4.78, 5) is 15.9. The molecule has 0 bridgehead atoms. The van der Waals surface area contributed by atoms with Crippen molar-refractivity contribution in [2.75, 3.05) is 23.8 Å². The highest BCUT2D eigenvalue weighted by molar-refractivity contribution is 7.99. The van der Waals surface area contributed by atoms with Crippen LogP contribution in [0.2, 0.25) is 0 Å². The number of nitrogens with one attached hydrogen (secondary N) is 4. The molecule has 1 saturated heterocycles. The van der Waals surface area contributed by atoms with Crippen LogP contribution in [0.1, 0.15) is 17.7 Å². The van der Waals surface area contributed by atoms with Crippen molar-refractivity contribution in [3.05, 3.63) is 72.6 Å². The second-order valence-corrected chi connectivity index (χ2v) is 9.61. The summed E-state index contributed by atoms with van der Waals surface area (Å²) in [6, 6.07) is 17.6. The predicted molar refractivity (Wildman–Crippen MR) is 135 cm³/mol. The Hall–Kier alpha value is -2.52. The highest BCUT2D eigenvalue weighted by Crippen LogP contribution is 2.28. The number of thioether (sulfide) groups is 2. The number of nitrogens with zero attached hydrogens (tertiary/aromatic N) is 2. The Kier molecular flexibility index (Phi) is 6.64. The summed E-state index contributed by atoms with van der Waals surface area (Å²) in [5.74, 6) is 4.95. The van der Waals surface area contributed by atoms with Crippen LogP contribution in [-0.4, -0.2) is 43.7 Å². The zero-order chi connectivity index (χ0) is 21.8. The van der Waals surface area contributed by atoms with Crippen LogP contribution < -0.4 is 10.6 Å². The van der Waals surface area contributed by atoms with Crippen LogP contribution in [0.25, 0.3) is 33.6 Å². The molecular weight excluding hydrogens is 436 g/mol. The SMILES string of the molecule is CSCNCc1ncc(-c2ccc(-c3ccc(-c4cnc(C5CSCN5)[nH]4)cc3)cc2)[nH]1. The smallest absolute Gasteiger partial charge is 0.124 e. The number of aromatic nitrogens is 4. The molecule has 4 N–H and O–H groups in total. The number of hydrogen-bond donors (Lipinski definition) is 4. The zero-order valence-corrected chi connectivity index (χ0v) is 19.5. The van der Waals surface area contributed by atoms with Crippen molar-refractivity contribution in [2.24, 2.45) is 0 Å². The molecule has 0 amide bonds. The second-order valence-electron chi connectivity index (χ2n) is 7.71. The summed E-state index contributed by atoms with van der Waals surface area (Å²) in [6.45, 7) is 0.749. The highest BCUT2D eigenvalue weighted by Gasteiger charge is 2.19. The van der Waals surface area contributed by atoms with Crippen LogP contribution in [-0.2, 0) is 6.54 Å². The number of imidazole rings is 2. The number of H-pyrrole nitrogens is 2. The molecule has 1 aliphatic heterocycles. The van der Waals surface area contributed by atoms with Crippen molar-refractivity contribution < 1.29 is 0 Å². The molecule has 1 aliphatic rings. The minimum atomic E-state index is 0.323. The van der Waals surface area contributed by atoms with Gasteiger partial charge in [-0.15, -0.1) is 23.5 Å². The van der Waals surface area contributed by atoms with Gasteiger partial charge >= 0.3 is 0 Å². The molecule has 0 spiro atoms. The molecular formula is C24H26N6S2. The van der Waals surface area contributed by atoms with E-state index in [1.165, 1.54) is 11.1 Å². The molecule has 32 heavy (non-hydrogen) atoms. The van der Waals surface area contributed by atoms with Gasteiger partial charge in [0.05, 0.1) is 36.4 Å². The Labute approximate surface area is 196 Å². The molecule has 0 aliphatic carbocycles. The van der Waals surface area contributed by atoms with Gasteiger partial charge in [-0.1, -0.05) is 48.5 Å². The van der Waals surface area contributed by atoms with Crippen molar-refractivity contribution in [2.45, 2.75) is 12.6 Å². The molecule has 1 fully saturated rings. The largest absolute Gasteiger partial charge is 0.341 e. The van der Waals surface area contributed by atoms with Crippen molar-refractivity contribution in [1.82, 2.24) is 30.6 Å². The quantitative estimate of drug-likeness (QED) is 0.221. The lowest BCUT2D eigenvalue weighted by molar-refractivity contribution is 0.641. The second kappa shape index (κ2) is 9.95. The van der Waals surface area contributed by atoms with E-state index in [-0.39, 0.29) is 0 Å². The van der Waals surface area contributed by atoms with Gasteiger partial charge in [0.25, 0.3) is 0 Å². The standard InChI is InChI=1S/C24H26N6S2/c1-31-14-25-12-23-26-10-20(29-23)18-6-2-16(3-7-18)17-4-8-19(9-5-17)21-11-27-24(30-21)22-13-32-15-28-22/h2-11,22,25,28H,12-15H2,1H3,(H,26,29)(H,27,30). The van der Waals surface area contributed by atoms with Gasteiger partial charge in [-0.25, -0.2) is 9.97 Å². The average molecular weight is 463 g/mol. The summed E-state index contributed by atoms with van der Waals surface area (Å²) in [5, 5.41) is 6.79. The summed E-state index contributed by atoms with van der Waals surface area (Å²) in [5.41, 5.74) is 6.77. The van der Waals surface area contributed by atoms with Crippen LogP contribution in [0.15, 0.2) is 60.9 Å². The van der Waals surface area contributed by atoms with E-state index in [9.17, 15) is 0 Å². The maximum Gasteiger partial charge on any atom is 0.124 e. The van der Waals surface area contributed by atoms with Crippen molar-refractivity contribution >= 4 is 23.5 Å². The van der Waals surface area contributed by atoms with E-state index >= 15 is 0 Å². The van der Waals surface area contributed by atoms with Crippen molar-refractivity contribution in [1.29, 1.82) is 0 Å². The number of aromatic amines is 2. The van der Waals surface area contributed by atoms with Gasteiger partial charge in [0.2, 0.25) is 0 Å². The summed E-state index contributed by atoms with van der Waals surface area (Å²) in [6.07, 6.45) is 5.91. The molecule has 0 radical (unpaired) electrons. The van der Waals surface area contributed by atoms with E-state index in [4.69, 9.17) is 0 Å². The summed E-state index contributed by atoms with van der Waals surface area (Å²) in [7, 11) is 0. The Morgan fingerprint density at radius 3 is 2.16 bits per heavy atom. The van der Waals surface area contributed by atoms with Gasteiger partial charge in [0.1, 0.15) is 11.6 Å². The van der Waals surface area contributed by atoms with Gasteiger partial charge in [-0.3, -0.25) is 5.32 Å². The molecule has 8 heteroatoms. The Bertz CT molecular complexity index is 1140. The monoisotopic (exact) mass is 462 g/mol. The van der Waals surface area contributed by atoms with Crippen LogP contribution in [0.5, 0.6) is 0 Å². The van der Waals surface area contributed by atoms with Crippen LogP contribution in [0.3, 0.4) is 0 Å². The van der Waals surface area contributed by atoms with Crippen LogP contribution in [0, 0.1) is 0 Å². The molecule has 3 heterocycles. The Morgan fingerprint density at radius 1 is 0.906 bits per heavy atom. The van der Waals surface area contributed by atoms with Crippen LogP contribution in [0.4, 0.5) is 0 Å². The Morgan fingerprint density at radius 2 is 1.53 bits per heavy atom. The third kappa shape index (κ3) is 4.78. The molecule has 4 aromatic rings. The van der Waals surface area contributed by atoms with Crippen LogP contribution >= 0.6 is 23.5 Å². The fourth-order valence-electron chi connectivity index (χ4n) is 3.79. The molecule has 6 nitrogen and oxygen atoms in total. The average Bonchev–Trinajstić information content (AvgIpc) is 3.61. The fraction of sp³-hybridized carbons (Fsp3) is 0.250. The van der Waals surface area contributed by atoms with Crippen molar-refractivity contribution in [3.63, 3.8) is 0 Å². The molecule has 0 saturated carbocycles. The van der Waals surface area contributed by atoms with E-state index in [2.05, 4.69) is 85.4 Å². The van der Waals surface area contributed by atoms with E-state index in [0.29, 0.717) is 6.04 Å². The van der Waals surface area contributed by atoms with Gasteiger partial charge in [-0.05, 0) is 28.5 Å². The highest BCUT2D eigenvalue weighted by atomic mass is 32.2. The van der Waals surface area contributed by atoms with Gasteiger partial charge in [-0.2, -0.15) is 0 Å². The van der Waals surface area contributed by atoms with Gasteiger partial charge in [0, 0.05) is 17.5 Å². The first-order valence-electron chi connectivity index (χ1n) is 10.6. The first-order chi connectivity index (χ1) is 15.8. The number of rotatable bonds is 8. The van der Waals surface area contributed by atoms with Crippen molar-refractivity contribution in [3.8, 4) is 33.6 Å². The number of hydrogen-bond acceptors (Lipinski definition) is 6.